The van der Waals surface area contributed by atoms with E-state index in [2.05, 4.69) is 17.4 Å². The monoisotopic (exact) mass is 301 g/mol. The maximum atomic E-state index is 12.1. The molecule has 2 aromatic carbocycles. The summed E-state index contributed by atoms with van der Waals surface area (Å²) >= 11 is 5.82. The van der Waals surface area contributed by atoms with Gasteiger partial charge in [-0.3, -0.25) is 4.79 Å². The Labute approximate surface area is 128 Å². The van der Waals surface area contributed by atoms with Crippen LogP contribution in [0.3, 0.4) is 0 Å². The summed E-state index contributed by atoms with van der Waals surface area (Å²) in [5.74, 6) is -0.113. The third-order valence-corrected chi connectivity index (χ3v) is 3.90. The number of rotatable bonds is 3. The van der Waals surface area contributed by atoms with Crippen LogP contribution in [0.15, 0.2) is 48.5 Å². The molecule has 3 nitrogen and oxygen atoms in total. The molecule has 108 valence electrons. The Hall–Kier alpha value is -1.84. The number of nitrogens with one attached hydrogen (secondary N) is 1. The van der Waals surface area contributed by atoms with Gasteiger partial charge in [-0.15, -0.1) is 0 Å². The summed E-state index contributed by atoms with van der Waals surface area (Å²) in [4.78, 5) is 12.1. The van der Waals surface area contributed by atoms with Gasteiger partial charge in [-0.05, 0) is 41.8 Å². The molecule has 0 saturated heterocycles. The van der Waals surface area contributed by atoms with Crippen LogP contribution in [0.5, 0.6) is 0 Å². The van der Waals surface area contributed by atoms with Crippen LogP contribution in [0.1, 0.15) is 27.6 Å². The van der Waals surface area contributed by atoms with Crippen molar-refractivity contribution < 1.29 is 9.53 Å². The van der Waals surface area contributed by atoms with Gasteiger partial charge in [0.15, 0.2) is 0 Å². The molecule has 0 bridgehead atoms. The molecule has 1 amide bonds. The van der Waals surface area contributed by atoms with Crippen LogP contribution in [0.25, 0.3) is 0 Å². The van der Waals surface area contributed by atoms with E-state index >= 15 is 0 Å². The van der Waals surface area contributed by atoms with E-state index in [1.807, 2.05) is 12.1 Å². The summed E-state index contributed by atoms with van der Waals surface area (Å²) in [6, 6.07) is 15.1. The van der Waals surface area contributed by atoms with E-state index in [1.54, 1.807) is 24.3 Å². The second-order valence-electron chi connectivity index (χ2n) is 5.03. The van der Waals surface area contributed by atoms with Crippen molar-refractivity contribution in [1.82, 2.24) is 5.32 Å². The molecule has 21 heavy (non-hydrogen) atoms. The number of carbonyl (C=O) groups excluding carboxylic acids is 1. The lowest BCUT2D eigenvalue weighted by molar-refractivity contribution is 0.0411. The van der Waals surface area contributed by atoms with Crippen molar-refractivity contribution >= 4 is 17.5 Å². The van der Waals surface area contributed by atoms with Gasteiger partial charge in [0.2, 0.25) is 0 Å². The zero-order valence-electron chi connectivity index (χ0n) is 11.5. The Bertz CT molecular complexity index is 639. The van der Waals surface area contributed by atoms with Gasteiger partial charge in [0, 0.05) is 17.1 Å². The molecule has 0 saturated carbocycles. The fourth-order valence-corrected chi connectivity index (χ4v) is 2.66. The van der Waals surface area contributed by atoms with Crippen molar-refractivity contribution in [2.75, 3.05) is 13.2 Å². The Morgan fingerprint density at radius 1 is 1.19 bits per heavy atom. The van der Waals surface area contributed by atoms with Crippen LogP contribution in [0.4, 0.5) is 0 Å². The van der Waals surface area contributed by atoms with Crippen molar-refractivity contribution in [3.63, 3.8) is 0 Å². The zero-order chi connectivity index (χ0) is 14.7. The van der Waals surface area contributed by atoms with Gasteiger partial charge in [0.1, 0.15) is 6.10 Å². The fraction of sp³-hybridized carbons (Fsp3) is 0.235. The molecule has 1 aliphatic heterocycles. The highest BCUT2D eigenvalue weighted by atomic mass is 35.5. The highest BCUT2D eigenvalue weighted by molar-refractivity contribution is 6.30. The van der Waals surface area contributed by atoms with Crippen molar-refractivity contribution in [2.24, 2.45) is 0 Å². The molecular weight excluding hydrogens is 286 g/mol. The number of hydrogen-bond donors (Lipinski definition) is 1. The van der Waals surface area contributed by atoms with E-state index in [-0.39, 0.29) is 12.0 Å². The normalized spacial score (nSPS) is 17.1. The number of benzene rings is 2. The van der Waals surface area contributed by atoms with E-state index < -0.39 is 0 Å². The first-order valence-corrected chi connectivity index (χ1v) is 7.35. The lowest BCUT2D eigenvalue weighted by Crippen LogP contribution is -2.31. The van der Waals surface area contributed by atoms with E-state index in [9.17, 15) is 4.79 Å². The van der Waals surface area contributed by atoms with Crippen LogP contribution in [-0.2, 0) is 11.2 Å². The molecule has 0 spiro atoms. The topological polar surface area (TPSA) is 38.3 Å². The lowest BCUT2D eigenvalue weighted by Gasteiger charge is -2.26. The van der Waals surface area contributed by atoms with Crippen molar-refractivity contribution in [3.05, 3.63) is 70.2 Å². The van der Waals surface area contributed by atoms with Crippen LogP contribution >= 0.6 is 11.6 Å². The molecule has 0 unspecified atom stereocenters. The molecule has 4 heteroatoms. The van der Waals surface area contributed by atoms with Crippen molar-refractivity contribution in [2.45, 2.75) is 12.5 Å². The van der Waals surface area contributed by atoms with Gasteiger partial charge in [0.25, 0.3) is 5.91 Å². The standard InChI is InChI=1S/C17H16ClNO2/c18-14-7-5-13(6-8-14)17(20)19-11-16-15-4-2-1-3-12(15)9-10-21-16/h1-8,16H,9-11H2,(H,19,20)/t16-/m0/s1. The second-order valence-corrected chi connectivity index (χ2v) is 5.46. The molecule has 1 aliphatic rings. The quantitative estimate of drug-likeness (QED) is 0.944. The average molecular weight is 302 g/mol. The molecule has 2 aromatic rings. The minimum Gasteiger partial charge on any atom is -0.371 e. The van der Waals surface area contributed by atoms with Crippen LogP contribution in [0.2, 0.25) is 5.02 Å². The summed E-state index contributed by atoms with van der Waals surface area (Å²) in [7, 11) is 0. The summed E-state index contributed by atoms with van der Waals surface area (Å²) < 4.78 is 5.77. The van der Waals surface area contributed by atoms with Gasteiger partial charge in [-0.1, -0.05) is 35.9 Å². The number of hydrogen-bond acceptors (Lipinski definition) is 2. The lowest BCUT2D eigenvalue weighted by atomic mass is 9.97. The summed E-state index contributed by atoms with van der Waals surface area (Å²) in [5, 5.41) is 3.54. The number of amides is 1. The second kappa shape index (κ2) is 6.29. The minimum absolute atomic E-state index is 0.0776. The number of ether oxygens (including phenoxy) is 1. The molecule has 0 radical (unpaired) electrons. The first-order chi connectivity index (χ1) is 10.2. The average Bonchev–Trinajstić information content (AvgIpc) is 2.53. The van der Waals surface area contributed by atoms with Crippen LogP contribution in [0, 0.1) is 0 Å². The largest absolute Gasteiger partial charge is 0.371 e. The molecule has 1 atom stereocenters. The number of halogens is 1. The van der Waals surface area contributed by atoms with Gasteiger partial charge in [0.05, 0.1) is 6.61 Å². The number of fused-ring (bicyclic) bond motifs is 1. The number of carbonyl (C=O) groups is 1. The SMILES string of the molecule is O=C(NC[C@@H]1OCCc2ccccc21)c1ccc(Cl)cc1. The van der Waals surface area contributed by atoms with Gasteiger partial charge < -0.3 is 10.1 Å². The van der Waals surface area contributed by atoms with E-state index in [4.69, 9.17) is 16.3 Å². The Balaban J connectivity index is 1.66. The van der Waals surface area contributed by atoms with Crippen LogP contribution < -0.4 is 5.32 Å². The predicted molar refractivity (Wildman–Crippen MR) is 82.6 cm³/mol. The van der Waals surface area contributed by atoms with E-state index in [1.165, 1.54) is 11.1 Å². The predicted octanol–water partition coefficient (Wildman–Crippen LogP) is 3.38. The smallest absolute Gasteiger partial charge is 0.251 e. The summed E-state index contributed by atoms with van der Waals surface area (Å²) in [6.45, 7) is 1.16. The minimum atomic E-state index is -0.113. The molecule has 0 aliphatic carbocycles. The Kier molecular flexibility index (Phi) is 4.23. The summed E-state index contributed by atoms with van der Waals surface area (Å²) in [6.07, 6.45) is 0.851. The van der Waals surface area contributed by atoms with E-state index in [0.29, 0.717) is 23.7 Å². The van der Waals surface area contributed by atoms with Gasteiger partial charge in [-0.2, -0.15) is 0 Å². The fourth-order valence-electron chi connectivity index (χ4n) is 2.53. The third kappa shape index (κ3) is 3.26. The highest BCUT2D eigenvalue weighted by Gasteiger charge is 2.21. The molecule has 0 fully saturated rings. The molecule has 3 rings (SSSR count). The maximum Gasteiger partial charge on any atom is 0.251 e. The Morgan fingerprint density at radius 3 is 2.76 bits per heavy atom. The van der Waals surface area contributed by atoms with Crippen molar-refractivity contribution in [1.29, 1.82) is 0 Å². The highest BCUT2D eigenvalue weighted by Crippen LogP contribution is 2.26. The van der Waals surface area contributed by atoms with Crippen molar-refractivity contribution in [3.8, 4) is 0 Å². The van der Waals surface area contributed by atoms with Gasteiger partial charge >= 0.3 is 0 Å². The Morgan fingerprint density at radius 2 is 1.95 bits per heavy atom. The molecule has 1 heterocycles. The maximum absolute atomic E-state index is 12.1. The first kappa shape index (κ1) is 14.1. The molecule has 1 N–H and O–H groups in total. The zero-order valence-corrected chi connectivity index (χ0v) is 12.3. The molecular formula is C17H16ClNO2. The first-order valence-electron chi connectivity index (χ1n) is 6.97. The van der Waals surface area contributed by atoms with E-state index in [0.717, 1.165) is 6.42 Å². The third-order valence-electron chi connectivity index (χ3n) is 3.65. The summed E-state index contributed by atoms with van der Waals surface area (Å²) in [5.41, 5.74) is 3.07. The van der Waals surface area contributed by atoms with Crippen LogP contribution in [-0.4, -0.2) is 19.1 Å². The van der Waals surface area contributed by atoms with Gasteiger partial charge in [-0.25, -0.2) is 0 Å². The molecule has 0 aromatic heterocycles.